The Hall–Kier alpha value is -3.53. The normalized spacial score (nSPS) is 11.0. The molecule has 27 heavy (non-hydrogen) atoms. The van der Waals surface area contributed by atoms with Crippen LogP contribution in [0.4, 0.5) is 5.69 Å². The zero-order chi connectivity index (χ0) is 19.6. The summed E-state index contributed by atoms with van der Waals surface area (Å²) in [5.74, 6) is 0.0513. The van der Waals surface area contributed by atoms with Crippen molar-refractivity contribution in [2.75, 3.05) is 19.0 Å². The number of esters is 1. The summed E-state index contributed by atoms with van der Waals surface area (Å²) < 4.78 is 15.5. The van der Waals surface area contributed by atoms with E-state index in [2.05, 4.69) is 5.32 Å². The molecule has 0 saturated heterocycles. The highest BCUT2D eigenvalue weighted by Gasteiger charge is 2.18. The van der Waals surface area contributed by atoms with Crippen molar-refractivity contribution in [2.24, 2.45) is 0 Å². The van der Waals surface area contributed by atoms with Gasteiger partial charge in [-0.05, 0) is 48.9 Å². The molecule has 0 spiro atoms. The van der Waals surface area contributed by atoms with Crippen LogP contribution in [0.1, 0.15) is 12.5 Å². The minimum atomic E-state index is -0.864. The van der Waals surface area contributed by atoms with Crippen LogP contribution >= 0.6 is 0 Å². The Morgan fingerprint density at radius 2 is 1.70 bits per heavy atom. The molecule has 0 aromatic heterocycles. The van der Waals surface area contributed by atoms with Crippen LogP contribution in [-0.4, -0.2) is 31.7 Å². The number of benzene rings is 2. The molecule has 2 rings (SSSR count). The molecule has 2 aromatic rings. The number of nitrogens with zero attached hydrogens (tertiary/aromatic N) is 1. The van der Waals surface area contributed by atoms with E-state index in [0.29, 0.717) is 23.6 Å². The van der Waals surface area contributed by atoms with Gasteiger partial charge in [0.25, 0.3) is 5.91 Å². The smallest absolute Gasteiger partial charge is 0.347 e. The fourth-order valence-electron chi connectivity index (χ4n) is 2.15. The van der Waals surface area contributed by atoms with E-state index in [4.69, 9.17) is 19.5 Å². The Bertz CT molecular complexity index is 810. The predicted octanol–water partition coefficient (Wildman–Crippen LogP) is 2.71. The van der Waals surface area contributed by atoms with Crippen molar-refractivity contribution in [1.82, 2.24) is 0 Å². The van der Waals surface area contributed by atoms with E-state index < -0.39 is 24.6 Å². The van der Waals surface area contributed by atoms with Crippen molar-refractivity contribution in [3.05, 3.63) is 54.1 Å². The van der Waals surface area contributed by atoms with Crippen molar-refractivity contribution >= 4 is 17.6 Å². The Morgan fingerprint density at radius 3 is 2.30 bits per heavy atom. The lowest BCUT2D eigenvalue weighted by atomic mass is 10.1. The number of rotatable bonds is 8. The second-order valence-electron chi connectivity index (χ2n) is 5.62. The quantitative estimate of drug-likeness (QED) is 0.720. The molecule has 0 saturated carbocycles. The van der Waals surface area contributed by atoms with Gasteiger partial charge >= 0.3 is 5.97 Å². The molecule has 0 heterocycles. The first-order chi connectivity index (χ1) is 13.0. The highest BCUT2D eigenvalue weighted by Crippen LogP contribution is 2.18. The topological polar surface area (TPSA) is 97.7 Å². The third kappa shape index (κ3) is 6.36. The number of carbonyl (C=O) groups is 2. The third-order valence-electron chi connectivity index (χ3n) is 3.57. The van der Waals surface area contributed by atoms with Gasteiger partial charge in [0.15, 0.2) is 12.7 Å². The van der Waals surface area contributed by atoms with Gasteiger partial charge in [0.2, 0.25) is 0 Å². The molecule has 0 aliphatic rings. The first-order valence-electron chi connectivity index (χ1n) is 8.25. The summed E-state index contributed by atoms with van der Waals surface area (Å²) in [5.41, 5.74) is 1.41. The van der Waals surface area contributed by atoms with Gasteiger partial charge in [-0.3, -0.25) is 4.79 Å². The summed E-state index contributed by atoms with van der Waals surface area (Å²) >= 11 is 0. The zero-order valence-corrected chi connectivity index (χ0v) is 15.1. The predicted molar refractivity (Wildman–Crippen MR) is 98.4 cm³/mol. The molecule has 140 valence electrons. The molecule has 7 nitrogen and oxygen atoms in total. The number of ether oxygens (including phenoxy) is 3. The minimum Gasteiger partial charge on any atom is -0.497 e. The fraction of sp³-hybridized carbons (Fsp3) is 0.250. The zero-order valence-electron chi connectivity index (χ0n) is 15.1. The van der Waals surface area contributed by atoms with E-state index >= 15 is 0 Å². The number of hydrogen-bond acceptors (Lipinski definition) is 6. The Morgan fingerprint density at radius 1 is 1.07 bits per heavy atom. The van der Waals surface area contributed by atoms with E-state index in [1.54, 1.807) is 62.6 Å². The molecule has 0 fully saturated rings. The van der Waals surface area contributed by atoms with Crippen LogP contribution in [0.5, 0.6) is 11.5 Å². The van der Waals surface area contributed by atoms with Gasteiger partial charge in [-0.25, -0.2) is 4.79 Å². The summed E-state index contributed by atoms with van der Waals surface area (Å²) in [4.78, 5) is 23.8. The number of amides is 1. The largest absolute Gasteiger partial charge is 0.497 e. The maximum absolute atomic E-state index is 12.0. The molecule has 0 aliphatic carbocycles. The first-order valence-corrected chi connectivity index (χ1v) is 8.25. The van der Waals surface area contributed by atoms with Crippen LogP contribution in [-0.2, 0) is 20.7 Å². The lowest BCUT2D eigenvalue weighted by molar-refractivity contribution is -0.153. The minimum absolute atomic E-state index is 0.303. The van der Waals surface area contributed by atoms with Gasteiger partial charge in [-0.15, -0.1) is 0 Å². The monoisotopic (exact) mass is 368 g/mol. The van der Waals surface area contributed by atoms with Gasteiger partial charge in [0, 0.05) is 5.69 Å². The summed E-state index contributed by atoms with van der Waals surface area (Å²) in [6.07, 6.45) is -0.561. The van der Waals surface area contributed by atoms with Crippen LogP contribution in [0.25, 0.3) is 0 Å². The summed E-state index contributed by atoms with van der Waals surface area (Å²) in [6.45, 7) is 1.12. The highest BCUT2D eigenvalue weighted by atomic mass is 16.6. The maximum Gasteiger partial charge on any atom is 0.347 e. The molecule has 1 N–H and O–H groups in total. The van der Waals surface area contributed by atoms with E-state index in [1.807, 2.05) is 6.07 Å². The molecule has 0 aliphatic heterocycles. The van der Waals surface area contributed by atoms with Gasteiger partial charge in [-0.2, -0.15) is 5.26 Å². The molecular weight excluding hydrogens is 348 g/mol. The van der Waals surface area contributed by atoms with Crippen LogP contribution < -0.4 is 14.8 Å². The van der Waals surface area contributed by atoms with E-state index in [0.717, 1.165) is 5.56 Å². The van der Waals surface area contributed by atoms with Crippen LogP contribution in [0.2, 0.25) is 0 Å². The fourth-order valence-corrected chi connectivity index (χ4v) is 2.15. The standard InChI is InChI=1S/C20H20N2O5/c1-14(27-18-9-7-17(25-2)8-10-18)20(24)26-13-19(23)22-16-5-3-15(4-6-16)11-12-21/h3-10,14H,11,13H2,1-2H3,(H,22,23). The van der Waals surface area contributed by atoms with Gasteiger partial charge in [0.1, 0.15) is 11.5 Å². The Kier molecular flexibility index (Phi) is 7.20. The maximum atomic E-state index is 12.0. The molecule has 2 aromatic carbocycles. The summed E-state index contributed by atoms with van der Waals surface area (Å²) in [5, 5.41) is 11.2. The van der Waals surface area contributed by atoms with Crippen molar-refractivity contribution in [3.8, 4) is 17.6 Å². The number of nitriles is 1. The van der Waals surface area contributed by atoms with Gasteiger partial charge in [-0.1, -0.05) is 12.1 Å². The van der Waals surface area contributed by atoms with E-state index in [1.165, 1.54) is 0 Å². The number of nitrogens with one attached hydrogen (secondary N) is 1. The molecule has 1 atom stereocenters. The lowest BCUT2D eigenvalue weighted by Crippen LogP contribution is -2.29. The molecule has 1 unspecified atom stereocenters. The lowest BCUT2D eigenvalue weighted by Gasteiger charge is -2.14. The van der Waals surface area contributed by atoms with Crippen molar-refractivity contribution < 1.29 is 23.8 Å². The van der Waals surface area contributed by atoms with Crippen molar-refractivity contribution in [3.63, 3.8) is 0 Å². The molecule has 0 radical (unpaired) electrons. The summed E-state index contributed by atoms with van der Waals surface area (Å²) in [6, 6.07) is 15.7. The average molecular weight is 368 g/mol. The Balaban J connectivity index is 1.77. The molecule has 0 bridgehead atoms. The number of methoxy groups -OCH3 is 1. The molecule has 7 heteroatoms. The molecular formula is C20H20N2O5. The third-order valence-corrected chi connectivity index (χ3v) is 3.57. The number of anilines is 1. The van der Waals surface area contributed by atoms with Gasteiger partial charge in [0.05, 0.1) is 19.6 Å². The van der Waals surface area contributed by atoms with E-state index in [9.17, 15) is 9.59 Å². The second kappa shape index (κ2) is 9.82. The van der Waals surface area contributed by atoms with Crippen LogP contribution in [0, 0.1) is 11.3 Å². The average Bonchev–Trinajstić information content (AvgIpc) is 2.68. The number of carbonyl (C=O) groups excluding carboxylic acids is 2. The first kappa shape index (κ1) is 19.8. The van der Waals surface area contributed by atoms with Gasteiger partial charge < -0.3 is 19.5 Å². The summed E-state index contributed by atoms with van der Waals surface area (Å²) in [7, 11) is 1.56. The van der Waals surface area contributed by atoms with Crippen LogP contribution in [0.3, 0.4) is 0 Å². The number of hydrogen-bond donors (Lipinski definition) is 1. The van der Waals surface area contributed by atoms with E-state index in [-0.39, 0.29) is 0 Å². The van der Waals surface area contributed by atoms with Crippen molar-refractivity contribution in [1.29, 1.82) is 5.26 Å². The highest BCUT2D eigenvalue weighted by molar-refractivity contribution is 5.93. The Labute approximate surface area is 157 Å². The second-order valence-corrected chi connectivity index (χ2v) is 5.62. The van der Waals surface area contributed by atoms with Crippen LogP contribution in [0.15, 0.2) is 48.5 Å². The SMILES string of the molecule is COc1ccc(OC(C)C(=O)OCC(=O)Nc2ccc(CC#N)cc2)cc1. The molecule has 1 amide bonds. The van der Waals surface area contributed by atoms with Crippen molar-refractivity contribution in [2.45, 2.75) is 19.4 Å².